The molecule has 2 N–H and O–H groups in total. The van der Waals surface area contributed by atoms with Crippen LogP contribution in [0.3, 0.4) is 0 Å². The molecule has 18 heavy (non-hydrogen) atoms. The van der Waals surface area contributed by atoms with E-state index in [-0.39, 0.29) is 24.7 Å². The van der Waals surface area contributed by atoms with Crippen molar-refractivity contribution in [2.24, 2.45) is 0 Å². The number of Topliss-reactive ketones (excluding diaryl/α,β-unsaturated/α-hetero) is 1. The quantitative estimate of drug-likeness (QED) is 0.800. The molecule has 1 saturated heterocycles. The maximum Gasteiger partial charge on any atom is 0.322 e. The van der Waals surface area contributed by atoms with Gasteiger partial charge in [-0.25, -0.2) is 0 Å². The smallest absolute Gasteiger partial charge is 0.322 e. The van der Waals surface area contributed by atoms with E-state index in [1.54, 1.807) is 11.0 Å². The average Bonchev–Trinajstić information content (AvgIpc) is 2.83. The zero-order valence-corrected chi connectivity index (χ0v) is 11.3. The van der Waals surface area contributed by atoms with Gasteiger partial charge in [-0.1, -0.05) is 6.07 Å². The number of hydrogen-bond donors (Lipinski definition) is 2. The Bertz CT molecular complexity index is 410. The minimum atomic E-state index is -0.879. The van der Waals surface area contributed by atoms with Gasteiger partial charge in [0.1, 0.15) is 6.04 Å². The summed E-state index contributed by atoms with van der Waals surface area (Å²) in [6.45, 7) is 1.89. The van der Waals surface area contributed by atoms with Gasteiger partial charge in [0.15, 0.2) is 5.78 Å². The molecule has 0 radical (unpaired) electrons. The first kappa shape index (κ1) is 15.1. The molecule has 0 spiro atoms. The third-order valence-corrected chi connectivity index (χ3v) is 3.69. The molecule has 1 fully saturated rings. The van der Waals surface area contributed by atoms with Gasteiger partial charge in [-0.15, -0.1) is 23.7 Å². The third kappa shape index (κ3) is 3.52. The number of carboxylic acids is 1. The first-order chi connectivity index (χ1) is 8.18. The minimum absolute atomic E-state index is 0. The highest BCUT2D eigenvalue weighted by molar-refractivity contribution is 7.12. The number of carbonyl (C=O) groups is 2. The van der Waals surface area contributed by atoms with E-state index < -0.39 is 12.0 Å². The molecule has 0 saturated carbocycles. The molecule has 5 nitrogen and oxygen atoms in total. The normalized spacial score (nSPS) is 20.1. The fraction of sp³-hybridized carbons (Fsp3) is 0.455. The predicted octanol–water partition coefficient (Wildman–Crippen LogP) is 0.711. The number of thiophene rings is 1. The summed E-state index contributed by atoms with van der Waals surface area (Å²) in [7, 11) is 0. The average molecular weight is 291 g/mol. The molecule has 7 heteroatoms. The molecule has 1 aromatic heterocycles. The Morgan fingerprint density at radius 1 is 1.56 bits per heavy atom. The van der Waals surface area contributed by atoms with Crippen molar-refractivity contribution in [2.75, 3.05) is 26.2 Å². The fourth-order valence-electron chi connectivity index (χ4n) is 1.88. The van der Waals surface area contributed by atoms with Crippen molar-refractivity contribution >= 4 is 35.5 Å². The van der Waals surface area contributed by atoms with Gasteiger partial charge in [0.2, 0.25) is 0 Å². The zero-order chi connectivity index (χ0) is 12.3. The standard InChI is InChI=1S/C11H14N2O3S.ClH/c14-9(10-2-1-5-17-10)7-13-4-3-12-6-8(13)11(15)16;/h1-2,5,8,12H,3-4,6-7H2,(H,15,16);1H. The van der Waals surface area contributed by atoms with Crippen molar-refractivity contribution in [3.63, 3.8) is 0 Å². The lowest BCUT2D eigenvalue weighted by Gasteiger charge is -2.32. The lowest BCUT2D eigenvalue weighted by Crippen LogP contribution is -2.56. The van der Waals surface area contributed by atoms with E-state index >= 15 is 0 Å². The van der Waals surface area contributed by atoms with Gasteiger partial charge in [0, 0.05) is 19.6 Å². The predicted molar refractivity (Wildman–Crippen MR) is 71.8 cm³/mol. The molecule has 1 unspecified atom stereocenters. The first-order valence-corrected chi connectivity index (χ1v) is 6.30. The molecule has 1 atom stereocenters. The molecule has 0 aromatic carbocycles. The van der Waals surface area contributed by atoms with Crippen LogP contribution in [0.5, 0.6) is 0 Å². The Hall–Kier alpha value is -0.950. The summed E-state index contributed by atoms with van der Waals surface area (Å²) in [6, 6.07) is 2.99. The third-order valence-electron chi connectivity index (χ3n) is 2.78. The van der Waals surface area contributed by atoms with Crippen LogP contribution in [0.1, 0.15) is 9.67 Å². The molecule has 2 rings (SSSR count). The Morgan fingerprint density at radius 3 is 2.94 bits per heavy atom. The SMILES string of the molecule is Cl.O=C(CN1CCNCC1C(=O)O)c1cccs1. The molecule has 1 aliphatic heterocycles. The Balaban J connectivity index is 0.00000162. The monoisotopic (exact) mass is 290 g/mol. The van der Waals surface area contributed by atoms with Gasteiger partial charge in [0.25, 0.3) is 0 Å². The highest BCUT2D eigenvalue weighted by Crippen LogP contribution is 2.12. The number of nitrogens with zero attached hydrogens (tertiary/aromatic N) is 1. The molecule has 100 valence electrons. The molecule has 0 bridgehead atoms. The number of ketones is 1. The van der Waals surface area contributed by atoms with Crippen LogP contribution in [0, 0.1) is 0 Å². The summed E-state index contributed by atoms with van der Waals surface area (Å²) >= 11 is 1.39. The van der Waals surface area contributed by atoms with Gasteiger partial charge in [0.05, 0.1) is 11.4 Å². The van der Waals surface area contributed by atoms with Crippen molar-refractivity contribution in [1.29, 1.82) is 0 Å². The van der Waals surface area contributed by atoms with Gasteiger partial charge in [-0.3, -0.25) is 14.5 Å². The summed E-state index contributed by atoms with van der Waals surface area (Å²) < 4.78 is 0. The molecular formula is C11H15ClN2O3S. The molecule has 0 amide bonds. The van der Waals surface area contributed by atoms with Crippen LogP contribution in [0.4, 0.5) is 0 Å². The number of piperazine rings is 1. The van der Waals surface area contributed by atoms with Crippen LogP contribution in [0.15, 0.2) is 17.5 Å². The summed E-state index contributed by atoms with van der Waals surface area (Å²) in [5, 5.41) is 13.9. The second-order valence-electron chi connectivity index (χ2n) is 3.93. The largest absolute Gasteiger partial charge is 0.480 e. The maximum atomic E-state index is 11.9. The van der Waals surface area contributed by atoms with Crippen LogP contribution in [0.25, 0.3) is 0 Å². The van der Waals surface area contributed by atoms with Crippen molar-refractivity contribution in [3.05, 3.63) is 22.4 Å². The van der Waals surface area contributed by atoms with Crippen LogP contribution in [-0.4, -0.2) is 54.0 Å². The van der Waals surface area contributed by atoms with Crippen molar-refractivity contribution in [1.82, 2.24) is 10.2 Å². The number of carboxylic acid groups (broad SMARTS) is 1. The first-order valence-electron chi connectivity index (χ1n) is 5.43. The van der Waals surface area contributed by atoms with Gasteiger partial charge in [-0.05, 0) is 11.4 Å². The lowest BCUT2D eigenvalue weighted by molar-refractivity contribution is -0.143. The van der Waals surface area contributed by atoms with E-state index in [9.17, 15) is 9.59 Å². The van der Waals surface area contributed by atoms with E-state index in [1.165, 1.54) is 11.3 Å². The van der Waals surface area contributed by atoms with Crippen molar-refractivity contribution in [3.8, 4) is 0 Å². The lowest BCUT2D eigenvalue weighted by atomic mass is 10.1. The highest BCUT2D eigenvalue weighted by atomic mass is 35.5. The van der Waals surface area contributed by atoms with E-state index in [0.717, 1.165) is 6.54 Å². The van der Waals surface area contributed by atoms with Crippen molar-refractivity contribution in [2.45, 2.75) is 6.04 Å². The molecule has 2 heterocycles. The van der Waals surface area contributed by atoms with E-state index in [1.807, 2.05) is 11.4 Å². The van der Waals surface area contributed by atoms with Gasteiger partial charge >= 0.3 is 5.97 Å². The minimum Gasteiger partial charge on any atom is -0.480 e. The molecule has 1 aliphatic rings. The van der Waals surface area contributed by atoms with Crippen molar-refractivity contribution < 1.29 is 14.7 Å². The van der Waals surface area contributed by atoms with Gasteiger partial charge < -0.3 is 10.4 Å². The second kappa shape index (κ2) is 6.84. The Morgan fingerprint density at radius 2 is 2.33 bits per heavy atom. The number of rotatable bonds is 4. The van der Waals surface area contributed by atoms with Crippen LogP contribution in [0.2, 0.25) is 0 Å². The van der Waals surface area contributed by atoms with Crippen LogP contribution >= 0.6 is 23.7 Å². The van der Waals surface area contributed by atoms with E-state index in [4.69, 9.17) is 5.11 Å². The van der Waals surface area contributed by atoms with Crippen LogP contribution in [-0.2, 0) is 4.79 Å². The molecule has 1 aromatic rings. The summed E-state index contributed by atoms with van der Waals surface area (Å²) in [4.78, 5) is 25.4. The number of nitrogens with one attached hydrogen (secondary N) is 1. The number of halogens is 1. The van der Waals surface area contributed by atoms with Crippen LogP contribution < -0.4 is 5.32 Å². The maximum absolute atomic E-state index is 11.9. The number of hydrogen-bond acceptors (Lipinski definition) is 5. The number of aliphatic carboxylic acids is 1. The summed E-state index contributed by atoms with van der Waals surface area (Å²) in [5.74, 6) is -0.885. The Labute approximate surface area is 115 Å². The fourth-order valence-corrected chi connectivity index (χ4v) is 2.54. The summed E-state index contributed by atoms with van der Waals surface area (Å²) in [6.07, 6.45) is 0. The highest BCUT2D eigenvalue weighted by Gasteiger charge is 2.29. The Kier molecular flexibility index (Phi) is 5.74. The molecular weight excluding hydrogens is 276 g/mol. The van der Waals surface area contributed by atoms with E-state index in [2.05, 4.69) is 5.32 Å². The summed E-state index contributed by atoms with van der Waals surface area (Å²) in [5.41, 5.74) is 0. The topological polar surface area (TPSA) is 69.6 Å². The zero-order valence-electron chi connectivity index (χ0n) is 9.67. The van der Waals surface area contributed by atoms with E-state index in [0.29, 0.717) is 18.0 Å². The number of carbonyl (C=O) groups excluding carboxylic acids is 1. The molecule has 0 aliphatic carbocycles. The van der Waals surface area contributed by atoms with Gasteiger partial charge in [-0.2, -0.15) is 0 Å². The second-order valence-corrected chi connectivity index (χ2v) is 4.88.